The Bertz CT molecular complexity index is 1320. The fraction of sp³-hybridized carbons (Fsp3) is 0.304. The summed E-state index contributed by atoms with van der Waals surface area (Å²) in [5, 5.41) is 16.9. The number of ether oxygens (including phenoxy) is 1. The first-order valence-electron chi connectivity index (χ1n) is 10.9. The van der Waals surface area contributed by atoms with Crippen LogP contribution in [0.2, 0.25) is 10.0 Å². The van der Waals surface area contributed by atoms with Crippen molar-refractivity contribution in [1.82, 2.24) is 30.8 Å². The highest BCUT2D eigenvalue weighted by molar-refractivity contribution is 8.01. The lowest BCUT2D eigenvalue weighted by Crippen LogP contribution is -2.68. The molecule has 1 aromatic heterocycles. The Hall–Kier alpha value is -3.15. The highest BCUT2D eigenvalue weighted by Gasteiger charge is 2.63. The number of rotatable bonds is 6. The average Bonchev–Trinajstić information content (AvgIpc) is 3.45. The van der Waals surface area contributed by atoms with Crippen molar-refractivity contribution in [1.29, 1.82) is 0 Å². The zero-order valence-corrected chi connectivity index (χ0v) is 21.3. The second-order valence-corrected chi connectivity index (χ2v) is 11.5. The van der Waals surface area contributed by atoms with E-state index in [-0.39, 0.29) is 28.1 Å². The van der Waals surface area contributed by atoms with Crippen LogP contribution in [-0.4, -0.2) is 59.5 Å². The van der Waals surface area contributed by atoms with Gasteiger partial charge in [-0.1, -0.05) is 53.5 Å². The van der Waals surface area contributed by atoms with Crippen LogP contribution >= 0.6 is 35.0 Å². The Morgan fingerprint density at radius 2 is 1.92 bits per heavy atom. The number of nitrogens with one attached hydrogen (secondary N) is 2. The van der Waals surface area contributed by atoms with E-state index in [0.717, 1.165) is 0 Å². The summed E-state index contributed by atoms with van der Waals surface area (Å²) < 4.78 is 5.05. The molecule has 4 atom stereocenters. The number of β-lactam (4-membered cyclic amide) rings is 1. The number of nitrogens with zero attached hydrogens (tertiary/aromatic N) is 4. The van der Waals surface area contributed by atoms with E-state index >= 15 is 0 Å². The Labute approximate surface area is 220 Å². The number of esters is 1. The number of tetrazole rings is 1. The number of fused-ring (bicyclic) bond motifs is 1. The molecule has 0 aliphatic carbocycles. The van der Waals surface area contributed by atoms with Crippen LogP contribution in [0.3, 0.4) is 0 Å². The van der Waals surface area contributed by atoms with Crippen molar-refractivity contribution >= 4 is 52.7 Å². The third-order valence-corrected chi connectivity index (χ3v) is 8.41. The Kier molecular flexibility index (Phi) is 6.39. The van der Waals surface area contributed by atoms with Gasteiger partial charge in [-0.25, -0.2) is 5.10 Å². The summed E-state index contributed by atoms with van der Waals surface area (Å²) in [7, 11) is 0. The summed E-state index contributed by atoms with van der Waals surface area (Å²) in [6, 6.07) is 11.7. The standard InChI is InChI=1S/C23H20Cl2N6O4S/c1-23(2)17(18-27-29-30-28-18)31-20(33)16(21(31)36-23)26-19(32)15(11-6-4-3-5-7-11)22(34)35-12-8-9-13(24)14(25)10-12/h3-10,15-17,21H,1-2H3,(H,26,32)(H,27,28,29,30)/t15?,16?,17?,21-/m1/s1. The highest BCUT2D eigenvalue weighted by atomic mass is 35.5. The molecule has 2 amide bonds. The van der Waals surface area contributed by atoms with Crippen molar-refractivity contribution in [3.63, 3.8) is 0 Å². The summed E-state index contributed by atoms with van der Waals surface area (Å²) in [6.07, 6.45) is 0. The molecule has 186 valence electrons. The van der Waals surface area contributed by atoms with Crippen LogP contribution in [0.25, 0.3) is 0 Å². The first kappa shape index (κ1) is 24.5. The molecule has 10 nitrogen and oxygen atoms in total. The van der Waals surface area contributed by atoms with Gasteiger partial charge in [0.25, 0.3) is 0 Å². The molecule has 13 heteroatoms. The lowest BCUT2D eigenvalue weighted by atomic mass is 9.94. The van der Waals surface area contributed by atoms with Gasteiger partial charge in [-0.15, -0.1) is 16.9 Å². The Morgan fingerprint density at radius 1 is 1.17 bits per heavy atom. The quantitative estimate of drug-likeness (QED) is 0.209. The van der Waals surface area contributed by atoms with E-state index in [1.54, 1.807) is 35.2 Å². The minimum absolute atomic E-state index is 0.144. The molecule has 0 bridgehead atoms. The molecule has 5 rings (SSSR count). The minimum atomic E-state index is -1.31. The van der Waals surface area contributed by atoms with E-state index in [9.17, 15) is 14.4 Å². The summed E-state index contributed by atoms with van der Waals surface area (Å²) in [5.41, 5.74) is 0.425. The highest BCUT2D eigenvalue weighted by Crippen LogP contribution is 2.56. The summed E-state index contributed by atoms with van der Waals surface area (Å²) >= 11 is 13.5. The van der Waals surface area contributed by atoms with Gasteiger partial charge in [0, 0.05) is 10.8 Å². The largest absolute Gasteiger partial charge is 0.426 e. The van der Waals surface area contributed by atoms with Gasteiger partial charge in [0.15, 0.2) is 11.7 Å². The molecular formula is C23H20Cl2N6O4S. The number of carbonyl (C=O) groups excluding carboxylic acids is 3. The molecule has 2 saturated heterocycles. The lowest BCUT2D eigenvalue weighted by molar-refractivity contribution is -0.153. The van der Waals surface area contributed by atoms with Crippen molar-refractivity contribution in [2.24, 2.45) is 0 Å². The number of aromatic nitrogens is 4. The van der Waals surface area contributed by atoms with Crippen LogP contribution in [0.5, 0.6) is 5.75 Å². The maximum Gasteiger partial charge on any atom is 0.328 e. The van der Waals surface area contributed by atoms with Crippen LogP contribution in [0.1, 0.15) is 37.2 Å². The molecule has 3 heterocycles. The van der Waals surface area contributed by atoms with Crippen molar-refractivity contribution < 1.29 is 19.1 Å². The second-order valence-electron chi connectivity index (χ2n) is 8.87. The maximum atomic E-state index is 13.4. The molecule has 2 fully saturated rings. The van der Waals surface area contributed by atoms with Crippen molar-refractivity contribution in [3.8, 4) is 5.75 Å². The second kappa shape index (κ2) is 9.38. The van der Waals surface area contributed by atoms with E-state index in [0.29, 0.717) is 16.4 Å². The summed E-state index contributed by atoms with van der Waals surface area (Å²) in [6.45, 7) is 3.97. The fourth-order valence-electron chi connectivity index (χ4n) is 4.46. The number of amides is 2. The van der Waals surface area contributed by atoms with Crippen molar-refractivity contribution in [2.75, 3.05) is 0 Å². The molecule has 36 heavy (non-hydrogen) atoms. The number of carbonyl (C=O) groups is 3. The van der Waals surface area contributed by atoms with Crippen LogP contribution < -0.4 is 10.1 Å². The van der Waals surface area contributed by atoms with Gasteiger partial charge < -0.3 is 15.0 Å². The number of thioether (sulfide) groups is 1. The van der Waals surface area contributed by atoms with Crippen molar-refractivity contribution in [3.05, 3.63) is 70.0 Å². The van der Waals surface area contributed by atoms with Gasteiger partial charge in [0.2, 0.25) is 11.8 Å². The molecule has 3 unspecified atom stereocenters. The van der Waals surface area contributed by atoms with E-state index in [1.165, 1.54) is 30.0 Å². The normalized spacial score (nSPS) is 22.9. The van der Waals surface area contributed by atoms with Crippen LogP contribution in [0.15, 0.2) is 48.5 Å². The van der Waals surface area contributed by atoms with E-state index in [4.69, 9.17) is 27.9 Å². The number of benzene rings is 2. The van der Waals surface area contributed by atoms with Gasteiger partial charge >= 0.3 is 5.97 Å². The molecule has 2 aliphatic heterocycles. The van der Waals surface area contributed by atoms with E-state index < -0.39 is 28.6 Å². The predicted octanol–water partition coefficient (Wildman–Crippen LogP) is 3.12. The predicted molar refractivity (Wildman–Crippen MR) is 132 cm³/mol. The zero-order chi connectivity index (χ0) is 25.6. The molecule has 2 aromatic carbocycles. The van der Waals surface area contributed by atoms with Gasteiger partial charge in [0.1, 0.15) is 23.2 Å². The molecule has 2 N–H and O–H groups in total. The van der Waals surface area contributed by atoms with Crippen LogP contribution in [0, 0.1) is 0 Å². The number of H-pyrrole nitrogens is 1. The fourth-order valence-corrected chi connectivity index (χ4v) is 6.39. The topological polar surface area (TPSA) is 130 Å². The first-order chi connectivity index (χ1) is 17.2. The Morgan fingerprint density at radius 3 is 2.58 bits per heavy atom. The first-order valence-corrected chi connectivity index (χ1v) is 12.6. The monoisotopic (exact) mass is 546 g/mol. The number of aromatic amines is 1. The number of halogens is 2. The van der Waals surface area contributed by atoms with Crippen LogP contribution in [-0.2, 0) is 14.4 Å². The van der Waals surface area contributed by atoms with Gasteiger partial charge in [-0.05, 0) is 42.0 Å². The third-order valence-electron chi connectivity index (χ3n) is 6.10. The summed E-state index contributed by atoms with van der Waals surface area (Å²) in [4.78, 5) is 41.4. The van der Waals surface area contributed by atoms with Crippen molar-refractivity contribution in [2.45, 2.75) is 42.0 Å². The van der Waals surface area contributed by atoms with Crippen LogP contribution in [0.4, 0.5) is 0 Å². The molecule has 0 saturated carbocycles. The average molecular weight is 547 g/mol. The molecule has 0 radical (unpaired) electrons. The molecular weight excluding hydrogens is 527 g/mol. The number of hydrogen-bond acceptors (Lipinski definition) is 8. The zero-order valence-electron chi connectivity index (χ0n) is 19.0. The van der Waals surface area contributed by atoms with Gasteiger partial charge in [0.05, 0.1) is 10.0 Å². The molecule has 0 spiro atoms. The minimum Gasteiger partial charge on any atom is -0.426 e. The maximum absolute atomic E-state index is 13.4. The SMILES string of the molecule is CC1(C)S[C@@H]2C(NC(=O)C(C(=O)Oc3ccc(Cl)c(Cl)c3)c3ccccc3)C(=O)N2C1c1nnn[nH]1. The van der Waals surface area contributed by atoms with Gasteiger partial charge in [-0.3, -0.25) is 14.4 Å². The smallest absolute Gasteiger partial charge is 0.328 e. The third kappa shape index (κ3) is 4.31. The Balaban J connectivity index is 1.36. The van der Waals surface area contributed by atoms with Gasteiger partial charge in [-0.2, -0.15) is 0 Å². The van der Waals surface area contributed by atoms with E-state index in [2.05, 4.69) is 25.9 Å². The lowest BCUT2D eigenvalue weighted by Gasteiger charge is -2.44. The molecule has 3 aromatic rings. The molecule has 2 aliphatic rings. The number of hydrogen-bond donors (Lipinski definition) is 2. The van der Waals surface area contributed by atoms with E-state index in [1.807, 2.05) is 13.8 Å². The summed E-state index contributed by atoms with van der Waals surface area (Å²) in [5.74, 6) is -2.43.